The molecule has 8 heteroatoms. The van der Waals surface area contributed by atoms with E-state index in [0.717, 1.165) is 16.7 Å². The van der Waals surface area contributed by atoms with Crippen molar-refractivity contribution in [3.8, 4) is 0 Å². The Labute approximate surface area is 208 Å². The fraction of sp³-hybridized carbons (Fsp3) is 0.481. The first kappa shape index (κ1) is 25.4. The molecule has 0 spiro atoms. The molecule has 2 aliphatic rings. The summed E-state index contributed by atoms with van der Waals surface area (Å²) in [6, 6.07) is 15.0. The number of hydrogen-bond acceptors (Lipinski definition) is 5. The minimum absolute atomic E-state index is 0.0556. The third-order valence-corrected chi connectivity index (χ3v) is 9.64. The standard InChI is InChI=1S/C27H34N2O5S/c1-20-9-10-24(21(2)19-20)35(32,33)29-15-11-22(12-16-29)25(30)28-17-13-27(14-18-28,26(31)34-3)23-7-5-4-6-8-23/h4-10,19,22H,11-18H2,1-3H3. The molecular formula is C27H34N2O5S. The molecule has 2 heterocycles. The van der Waals surface area contributed by atoms with E-state index in [9.17, 15) is 18.0 Å². The number of hydrogen-bond donors (Lipinski definition) is 0. The molecule has 4 rings (SSSR count). The van der Waals surface area contributed by atoms with Crippen LogP contribution in [0.1, 0.15) is 42.4 Å². The smallest absolute Gasteiger partial charge is 0.316 e. The maximum absolute atomic E-state index is 13.3. The first-order chi connectivity index (χ1) is 16.7. The third-order valence-electron chi connectivity index (χ3n) is 7.58. The molecule has 0 atom stereocenters. The molecule has 188 valence electrons. The van der Waals surface area contributed by atoms with Gasteiger partial charge in [-0.1, -0.05) is 48.0 Å². The number of ether oxygens (including phenoxy) is 1. The summed E-state index contributed by atoms with van der Waals surface area (Å²) in [4.78, 5) is 28.2. The molecule has 2 saturated heterocycles. The second kappa shape index (κ2) is 10.1. The number of rotatable bonds is 5. The quantitative estimate of drug-likeness (QED) is 0.590. The highest BCUT2D eigenvalue weighted by molar-refractivity contribution is 7.89. The summed E-state index contributed by atoms with van der Waals surface area (Å²) < 4.78 is 33.0. The number of piperidine rings is 2. The van der Waals surface area contributed by atoms with Gasteiger partial charge in [-0.3, -0.25) is 9.59 Å². The highest BCUT2D eigenvalue weighted by atomic mass is 32.2. The maximum Gasteiger partial charge on any atom is 0.316 e. The van der Waals surface area contributed by atoms with Crippen molar-refractivity contribution < 1.29 is 22.7 Å². The monoisotopic (exact) mass is 498 g/mol. The number of likely N-dealkylation sites (tertiary alicyclic amines) is 1. The highest BCUT2D eigenvalue weighted by Crippen LogP contribution is 2.38. The van der Waals surface area contributed by atoms with Crippen LogP contribution in [0.15, 0.2) is 53.4 Å². The number of esters is 1. The van der Waals surface area contributed by atoms with Crippen LogP contribution in [0.5, 0.6) is 0 Å². The number of methoxy groups -OCH3 is 1. The van der Waals surface area contributed by atoms with E-state index in [1.807, 2.05) is 61.2 Å². The Kier molecular flexibility index (Phi) is 7.33. The van der Waals surface area contributed by atoms with Crippen LogP contribution in [0.2, 0.25) is 0 Å². The number of amides is 1. The van der Waals surface area contributed by atoms with Gasteiger partial charge in [-0.05, 0) is 56.7 Å². The van der Waals surface area contributed by atoms with E-state index in [4.69, 9.17) is 4.74 Å². The molecule has 2 fully saturated rings. The normalized spacial score (nSPS) is 19.3. The van der Waals surface area contributed by atoms with E-state index in [1.54, 1.807) is 6.07 Å². The number of nitrogens with zero attached hydrogens (tertiary/aromatic N) is 2. The van der Waals surface area contributed by atoms with Gasteiger partial charge in [0.2, 0.25) is 15.9 Å². The largest absolute Gasteiger partial charge is 0.468 e. The summed E-state index contributed by atoms with van der Waals surface area (Å²) in [5, 5.41) is 0. The van der Waals surface area contributed by atoms with Gasteiger partial charge in [0.15, 0.2) is 0 Å². The predicted octanol–water partition coefficient (Wildman–Crippen LogP) is 3.44. The summed E-state index contributed by atoms with van der Waals surface area (Å²) in [6.45, 7) is 5.37. The van der Waals surface area contributed by atoms with Crippen molar-refractivity contribution in [1.82, 2.24) is 9.21 Å². The molecule has 0 saturated carbocycles. The lowest BCUT2D eigenvalue weighted by molar-refractivity contribution is -0.152. The average Bonchev–Trinajstić information content (AvgIpc) is 2.88. The fourth-order valence-electron chi connectivity index (χ4n) is 5.50. The van der Waals surface area contributed by atoms with Gasteiger partial charge in [0.05, 0.1) is 17.4 Å². The maximum atomic E-state index is 13.3. The van der Waals surface area contributed by atoms with Crippen LogP contribution in [0.4, 0.5) is 0 Å². The Morgan fingerprint density at radius 1 is 0.943 bits per heavy atom. The van der Waals surface area contributed by atoms with Gasteiger partial charge in [0.25, 0.3) is 0 Å². The van der Waals surface area contributed by atoms with Crippen LogP contribution in [-0.4, -0.2) is 62.8 Å². The Balaban J connectivity index is 1.39. The first-order valence-electron chi connectivity index (χ1n) is 12.2. The molecule has 1 amide bonds. The zero-order valence-electron chi connectivity index (χ0n) is 20.7. The van der Waals surface area contributed by atoms with Crippen molar-refractivity contribution in [3.63, 3.8) is 0 Å². The zero-order valence-corrected chi connectivity index (χ0v) is 21.5. The predicted molar refractivity (Wildman–Crippen MR) is 133 cm³/mol. The van der Waals surface area contributed by atoms with Crippen LogP contribution in [0.25, 0.3) is 0 Å². The second-order valence-corrected chi connectivity index (χ2v) is 11.6. The molecule has 35 heavy (non-hydrogen) atoms. The van der Waals surface area contributed by atoms with Crippen molar-refractivity contribution in [2.45, 2.75) is 49.8 Å². The Hall–Kier alpha value is -2.71. The number of benzene rings is 2. The van der Waals surface area contributed by atoms with Gasteiger partial charge >= 0.3 is 5.97 Å². The van der Waals surface area contributed by atoms with E-state index in [1.165, 1.54) is 11.4 Å². The van der Waals surface area contributed by atoms with Crippen molar-refractivity contribution >= 4 is 21.9 Å². The lowest BCUT2D eigenvalue weighted by atomic mass is 9.72. The Morgan fingerprint density at radius 3 is 2.14 bits per heavy atom. The molecular weight excluding hydrogens is 464 g/mol. The van der Waals surface area contributed by atoms with E-state index in [2.05, 4.69) is 0 Å². The minimum atomic E-state index is -3.58. The summed E-state index contributed by atoms with van der Waals surface area (Å²) >= 11 is 0. The summed E-state index contributed by atoms with van der Waals surface area (Å²) in [5.41, 5.74) is 1.94. The van der Waals surface area contributed by atoms with Crippen LogP contribution in [0.3, 0.4) is 0 Å². The Morgan fingerprint density at radius 2 is 1.57 bits per heavy atom. The van der Waals surface area contributed by atoms with Crippen molar-refractivity contribution in [2.24, 2.45) is 5.92 Å². The number of carbonyl (C=O) groups excluding carboxylic acids is 2. The number of carbonyl (C=O) groups is 2. The molecule has 0 bridgehead atoms. The van der Waals surface area contributed by atoms with Gasteiger partial charge in [0.1, 0.15) is 0 Å². The SMILES string of the molecule is COC(=O)C1(c2ccccc2)CCN(C(=O)C2CCN(S(=O)(=O)c3ccc(C)cc3C)CC2)CC1. The average molecular weight is 499 g/mol. The van der Waals surface area contributed by atoms with Crippen molar-refractivity contribution in [1.29, 1.82) is 0 Å². The molecule has 0 aliphatic carbocycles. The molecule has 0 radical (unpaired) electrons. The second-order valence-electron chi connectivity index (χ2n) is 9.71. The number of aryl methyl sites for hydroxylation is 2. The van der Waals surface area contributed by atoms with E-state index < -0.39 is 15.4 Å². The minimum Gasteiger partial charge on any atom is -0.468 e. The fourth-order valence-corrected chi connectivity index (χ4v) is 7.18. The van der Waals surface area contributed by atoms with Crippen LogP contribution in [0, 0.1) is 19.8 Å². The lowest BCUT2D eigenvalue weighted by Crippen LogP contribution is -2.52. The molecule has 2 aromatic carbocycles. The van der Waals surface area contributed by atoms with E-state index in [-0.39, 0.29) is 17.8 Å². The number of sulfonamides is 1. The van der Waals surface area contributed by atoms with Gasteiger partial charge in [-0.2, -0.15) is 4.31 Å². The topological polar surface area (TPSA) is 84.0 Å². The van der Waals surface area contributed by atoms with Crippen LogP contribution >= 0.6 is 0 Å². The molecule has 2 aliphatic heterocycles. The van der Waals surface area contributed by atoms with E-state index in [0.29, 0.717) is 56.8 Å². The van der Waals surface area contributed by atoms with Crippen LogP contribution < -0.4 is 0 Å². The van der Waals surface area contributed by atoms with Gasteiger partial charge in [0, 0.05) is 32.1 Å². The first-order valence-corrected chi connectivity index (χ1v) is 13.6. The Bertz CT molecular complexity index is 1180. The molecule has 0 aromatic heterocycles. The van der Waals surface area contributed by atoms with E-state index >= 15 is 0 Å². The summed E-state index contributed by atoms with van der Waals surface area (Å²) in [6.07, 6.45) is 2.02. The molecule has 2 aromatic rings. The highest BCUT2D eigenvalue weighted by Gasteiger charge is 2.45. The van der Waals surface area contributed by atoms with Gasteiger partial charge < -0.3 is 9.64 Å². The summed E-state index contributed by atoms with van der Waals surface area (Å²) in [7, 11) is -2.18. The van der Waals surface area contributed by atoms with Gasteiger partial charge in [-0.25, -0.2) is 8.42 Å². The van der Waals surface area contributed by atoms with Crippen molar-refractivity contribution in [3.05, 3.63) is 65.2 Å². The van der Waals surface area contributed by atoms with Gasteiger partial charge in [-0.15, -0.1) is 0 Å². The molecule has 7 nitrogen and oxygen atoms in total. The molecule has 0 N–H and O–H groups in total. The third kappa shape index (κ3) is 4.86. The summed E-state index contributed by atoms with van der Waals surface area (Å²) in [5.74, 6) is -0.413. The van der Waals surface area contributed by atoms with Crippen molar-refractivity contribution in [2.75, 3.05) is 33.3 Å². The van der Waals surface area contributed by atoms with Crippen LogP contribution in [-0.2, 0) is 29.8 Å². The lowest BCUT2D eigenvalue weighted by Gasteiger charge is -2.42. The molecule has 0 unspecified atom stereocenters. The zero-order chi connectivity index (χ0) is 25.2.